The predicted octanol–water partition coefficient (Wildman–Crippen LogP) is 4.68. The number of likely N-dealkylation sites (N-methyl/N-ethyl adjacent to an activating group) is 1. The molecule has 1 aromatic rings. The number of nitrogens with zero attached hydrogens (tertiary/aromatic N) is 3. The normalized spacial score (nSPS) is 26.5. The molecule has 1 aromatic carbocycles. The molecule has 2 bridgehead atoms. The smallest absolute Gasteiger partial charge is 0.313 e. The van der Waals surface area contributed by atoms with Gasteiger partial charge in [-0.2, -0.15) is 0 Å². The van der Waals surface area contributed by atoms with Gasteiger partial charge in [-0.3, -0.25) is 19.2 Å². The maximum Gasteiger partial charge on any atom is 0.313 e. The second kappa shape index (κ2) is 14.9. The van der Waals surface area contributed by atoms with E-state index < -0.39 is 59.3 Å². The van der Waals surface area contributed by atoms with Crippen molar-refractivity contribution in [1.29, 1.82) is 0 Å². The zero-order valence-corrected chi connectivity index (χ0v) is 29.8. The Kier molecular flexibility index (Phi) is 11.6. The lowest BCUT2D eigenvalue weighted by Gasteiger charge is -2.43. The summed E-state index contributed by atoms with van der Waals surface area (Å²) in [5.74, 6) is -3.13. The third kappa shape index (κ3) is 6.97. The highest BCUT2D eigenvalue weighted by Crippen LogP contribution is 2.59. The van der Waals surface area contributed by atoms with Crippen molar-refractivity contribution in [3.8, 4) is 0 Å². The summed E-state index contributed by atoms with van der Waals surface area (Å²) in [6.45, 7) is 19.1. The Labute approximate surface area is 286 Å². The van der Waals surface area contributed by atoms with E-state index in [1.54, 1.807) is 29.0 Å². The van der Waals surface area contributed by atoms with Gasteiger partial charge < -0.3 is 29.3 Å². The van der Waals surface area contributed by atoms with Crippen molar-refractivity contribution in [1.82, 2.24) is 14.7 Å². The van der Waals surface area contributed by atoms with Crippen LogP contribution in [0.1, 0.15) is 85.3 Å². The number of ether oxygens (including phenoxy) is 2. The van der Waals surface area contributed by atoms with Gasteiger partial charge in [-0.05, 0) is 64.9 Å². The van der Waals surface area contributed by atoms with Gasteiger partial charge >= 0.3 is 5.97 Å². The lowest BCUT2D eigenvalue weighted by atomic mass is 9.70. The van der Waals surface area contributed by atoms with E-state index in [-0.39, 0.29) is 43.2 Å². The van der Waals surface area contributed by atoms with Crippen LogP contribution >= 0.6 is 0 Å². The summed E-state index contributed by atoms with van der Waals surface area (Å²) in [4.78, 5) is 61.6. The summed E-state index contributed by atoms with van der Waals surface area (Å²) in [7, 11) is 1.69. The van der Waals surface area contributed by atoms with Crippen LogP contribution in [0.4, 0.5) is 0 Å². The summed E-state index contributed by atoms with van der Waals surface area (Å²) >= 11 is 0. The van der Waals surface area contributed by atoms with Gasteiger partial charge in [0.2, 0.25) is 17.7 Å². The molecule has 1 N–H and O–H groups in total. The second-order valence-corrected chi connectivity index (χ2v) is 15.0. The Morgan fingerprint density at radius 1 is 1.15 bits per heavy atom. The molecule has 4 rings (SSSR count). The van der Waals surface area contributed by atoms with Crippen LogP contribution in [-0.2, 0) is 28.7 Å². The lowest BCUT2D eigenvalue weighted by molar-refractivity contribution is -0.165. The number of carbonyl (C=O) groups is 4. The van der Waals surface area contributed by atoms with Gasteiger partial charge in [0.25, 0.3) is 0 Å². The van der Waals surface area contributed by atoms with Crippen LogP contribution < -0.4 is 0 Å². The molecule has 3 saturated heterocycles. The first-order chi connectivity index (χ1) is 22.6. The van der Waals surface area contributed by atoms with E-state index in [1.807, 2.05) is 71.9 Å². The van der Waals surface area contributed by atoms with Crippen molar-refractivity contribution in [2.24, 2.45) is 17.8 Å². The van der Waals surface area contributed by atoms with Crippen LogP contribution in [0.25, 0.3) is 0 Å². The molecule has 48 heavy (non-hydrogen) atoms. The number of hydrogen-bond acceptors (Lipinski definition) is 7. The molecule has 0 aliphatic carbocycles. The second-order valence-electron chi connectivity index (χ2n) is 15.0. The Morgan fingerprint density at radius 2 is 1.81 bits per heavy atom. The number of carbonyl (C=O) groups excluding carboxylic acids is 4. The first-order valence-corrected chi connectivity index (χ1v) is 17.3. The van der Waals surface area contributed by atoms with Crippen LogP contribution in [0.5, 0.6) is 0 Å². The molecule has 10 nitrogen and oxygen atoms in total. The van der Waals surface area contributed by atoms with Crippen molar-refractivity contribution in [2.75, 3.05) is 20.2 Å². The molecule has 3 fully saturated rings. The van der Waals surface area contributed by atoms with Gasteiger partial charge in [-0.15, -0.1) is 13.2 Å². The number of rotatable bonds is 15. The Hall–Kier alpha value is -3.50. The van der Waals surface area contributed by atoms with Crippen LogP contribution in [0, 0.1) is 17.8 Å². The average molecular weight is 666 g/mol. The molecular weight excluding hydrogens is 610 g/mol. The highest BCUT2D eigenvalue weighted by Gasteiger charge is 2.76. The van der Waals surface area contributed by atoms with Crippen molar-refractivity contribution in [3.63, 3.8) is 0 Å². The number of hydrogen-bond donors (Lipinski definition) is 1. The molecule has 10 heteroatoms. The number of amides is 3. The van der Waals surface area contributed by atoms with Crippen molar-refractivity contribution in [2.45, 2.75) is 115 Å². The van der Waals surface area contributed by atoms with E-state index in [9.17, 15) is 24.3 Å². The molecule has 264 valence electrons. The van der Waals surface area contributed by atoms with Gasteiger partial charge in [0.1, 0.15) is 17.7 Å². The minimum atomic E-state index is -1.25. The zero-order valence-electron chi connectivity index (χ0n) is 29.8. The molecule has 0 aromatic heterocycles. The molecule has 0 radical (unpaired) electrons. The van der Waals surface area contributed by atoms with Gasteiger partial charge in [0, 0.05) is 25.6 Å². The molecule has 0 saturated carbocycles. The number of likely N-dealkylation sites (tertiary alicyclic amines) is 1. The summed E-state index contributed by atoms with van der Waals surface area (Å²) < 4.78 is 13.0. The topological polar surface area (TPSA) is 117 Å². The molecule has 1 spiro atoms. The number of benzene rings is 1. The van der Waals surface area contributed by atoms with Crippen LogP contribution in [0.2, 0.25) is 0 Å². The SMILES string of the molecule is C=CCCC(=O)N(C)[C@@H](C)[C@@H](OC(=O)[C@@H]1[C@@H]2CC[C@]3(O2)[C@H](C(=O)N(CC=C)C(C)(C)C)N([C@@H](CO)CC(C)C)C(=O)[C@@H]13)c1ccccc1. The largest absolute Gasteiger partial charge is 0.455 e. The minimum absolute atomic E-state index is 0.104. The summed E-state index contributed by atoms with van der Waals surface area (Å²) in [6.07, 6.45) is 4.12. The number of aliphatic hydroxyl groups excluding tert-OH is 1. The third-order valence-electron chi connectivity index (χ3n) is 10.4. The van der Waals surface area contributed by atoms with E-state index in [0.29, 0.717) is 25.7 Å². The van der Waals surface area contributed by atoms with Gasteiger partial charge in [0.15, 0.2) is 0 Å². The van der Waals surface area contributed by atoms with E-state index >= 15 is 0 Å². The van der Waals surface area contributed by atoms with Crippen molar-refractivity contribution in [3.05, 3.63) is 61.2 Å². The van der Waals surface area contributed by atoms with Gasteiger partial charge in [-0.1, -0.05) is 56.3 Å². The first-order valence-electron chi connectivity index (χ1n) is 17.3. The van der Waals surface area contributed by atoms with E-state index in [4.69, 9.17) is 9.47 Å². The Bertz CT molecular complexity index is 1360. The van der Waals surface area contributed by atoms with E-state index in [2.05, 4.69) is 13.2 Å². The summed E-state index contributed by atoms with van der Waals surface area (Å²) in [6, 6.07) is 7.09. The van der Waals surface area contributed by atoms with Crippen LogP contribution in [0.15, 0.2) is 55.6 Å². The minimum Gasteiger partial charge on any atom is -0.455 e. The van der Waals surface area contributed by atoms with E-state index in [0.717, 1.165) is 5.56 Å². The number of aliphatic hydroxyl groups is 1. The van der Waals surface area contributed by atoms with Crippen molar-refractivity contribution >= 4 is 23.7 Å². The molecule has 8 atom stereocenters. The van der Waals surface area contributed by atoms with Gasteiger partial charge in [0.05, 0.1) is 36.6 Å². The first kappa shape index (κ1) is 37.3. The monoisotopic (exact) mass is 665 g/mol. The van der Waals surface area contributed by atoms with Gasteiger partial charge in [-0.25, -0.2) is 0 Å². The third-order valence-corrected chi connectivity index (χ3v) is 10.4. The quantitative estimate of drug-likeness (QED) is 0.214. The predicted molar refractivity (Wildman–Crippen MR) is 183 cm³/mol. The average Bonchev–Trinajstić information content (AvgIpc) is 3.69. The fourth-order valence-electron chi connectivity index (χ4n) is 7.95. The fourth-order valence-corrected chi connectivity index (χ4v) is 7.95. The van der Waals surface area contributed by atoms with Crippen LogP contribution in [-0.4, -0.2) is 99.1 Å². The molecule has 3 aliphatic rings. The number of allylic oxidation sites excluding steroid dienone is 1. The molecule has 3 heterocycles. The van der Waals surface area contributed by atoms with E-state index in [1.165, 1.54) is 4.90 Å². The number of fused-ring (bicyclic) bond motifs is 1. The molecular formula is C38H55N3O7. The summed E-state index contributed by atoms with van der Waals surface area (Å²) in [5, 5.41) is 10.6. The highest BCUT2D eigenvalue weighted by molar-refractivity contribution is 5.98. The zero-order chi connectivity index (χ0) is 35.6. The standard InChI is InChI=1S/C38H55N3O7/c1-10-12-18-29(43)39(9)25(5)32(26-16-14-13-15-17-26)47-36(46)30-28-19-20-38(48-28)31(30)34(44)41(27(23-42)22-24(3)4)33(38)35(45)40(21-11-2)37(6,7)8/h10-11,13-17,24-25,27-28,30-33,42H,1-2,12,18-23H2,3-9H3/t25-,27+,28-,30+,31+,32+,33-,38+/m0/s1. The lowest BCUT2D eigenvalue weighted by Crippen LogP contribution is -2.61. The maximum atomic E-state index is 14.7. The fraction of sp³-hybridized carbons (Fsp3) is 0.632. The van der Waals surface area contributed by atoms with Crippen LogP contribution in [0.3, 0.4) is 0 Å². The number of esters is 1. The Balaban J connectivity index is 1.74. The highest BCUT2D eigenvalue weighted by atomic mass is 16.6. The summed E-state index contributed by atoms with van der Waals surface area (Å²) in [5.41, 5.74) is -1.12. The Morgan fingerprint density at radius 3 is 2.38 bits per heavy atom. The van der Waals surface area contributed by atoms with Crippen molar-refractivity contribution < 1.29 is 33.8 Å². The maximum absolute atomic E-state index is 14.7. The molecule has 3 amide bonds. The molecule has 0 unspecified atom stereocenters. The molecule has 3 aliphatic heterocycles.